The van der Waals surface area contributed by atoms with Gasteiger partial charge in [-0.3, -0.25) is 9.59 Å². The summed E-state index contributed by atoms with van der Waals surface area (Å²) in [5, 5.41) is 12.8. The molecule has 7 heteroatoms. The summed E-state index contributed by atoms with van der Waals surface area (Å²) in [7, 11) is 0. The molecule has 1 aliphatic carbocycles. The van der Waals surface area contributed by atoms with Gasteiger partial charge >= 0.3 is 0 Å². The average Bonchev–Trinajstić information content (AvgIpc) is 3.20. The van der Waals surface area contributed by atoms with E-state index in [2.05, 4.69) is 15.1 Å². The van der Waals surface area contributed by atoms with Gasteiger partial charge in [-0.25, -0.2) is 4.39 Å². The van der Waals surface area contributed by atoms with Gasteiger partial charge < -0.3 is 20.2 Å². The quantitative estimate of drug-likeness (QED) is 0.613. The number of likely N-dealkylation sites (tertiary alicyclic amines) is 1. The molecule has 1 saturated carbocycles. The maximum absolute atomic E-state index is 15.0. The molecule has 3 fully saturated rings. The van der Waals surface area contributed by atoms with Crippen LogP contribution in [0.5, 0.6) is 0 Å². The van der Waals surface area contributed by atoms with Crippen molar-refractivity contribution >= 4 is 17.5 Å². The highest BCUT2D eigenvalue weighted by molar-refractivity contribution is 5.95. The fourth-order valence-electron chi connectivity index (χ4n) is 6.33. The van der Waals surface area contributed by atoms with Gasteiger partial charge in [0.05, 0.1) is 17.2 Å². The van der Waals surface area contributed by atoms with E-state index in [0.717, 1.165) is 62.6 Å². The van der Waals surface area contributed by atoms with E-state index in [4.69, 9.17) is 0 Å². The number of anilines is 1. The van der Waals surface area contributed by atoms with E-state index in [9.17, 15) is 14.7 Å². The molecule has 1 spiro atoms. The number of benzene rings is 2. The second kappa shape index (κ2) is 10.4. The number of nitrogens with one attached hydrogen (secondary N) is 1. The minimum Gasteiger partial charge on any atom is -0.393 e. The van der Waals surface area contributed by atoms with Crippen molar-refractivity contribution in [2.75, 3.05) is 24.5 Å². The Bertz CT molecular complexity index is 1150. The van der Waals surface area contributed by atoms with Crippen LogP contribution in [0.4, 0.5) is 10.1 Å². The van der Waals surface area contributed by atoms with Crippen LogP contribution in [-0.2, 0) is 4.79 Å². The summed E-state index contributed by atoms with van der Waals surface area (Å²) in [6.45, 7) is 5.92. The molecule has 2 aliphatic heterocycles. The molecule has 2 saturated heterocycles. The van der Waals surface area contributed by atoms with E-state index >= 15 is 4.39 Å². The van der Waals surface area contributed by atoms with Crippen molar-refractivity contribution in [2.45, 2.75) is 77.0 Å². The van der Waals surface area contributed by atoms with Crippen LogP contribution in [0.2, 0.25) is 0 Å². The van der Waals surface area contributed by atoms with Crippen LogP contribution in [0.3, 0.4) is 0 Å². The number of aliphatic hydroxyl groups is 1. The molecule has 198 valence electrons. The highest BCUT2D eigenvalue weighted by atomic mass is 19.1. The van der Waals surface area contributed by atoms with E-state index in [1.807, 2.05) is 38.1 Å². The zero-order valence-corrected chi connectivity index (χ0v) is 21.9. The van der Waals surface area contributed by atoms with E-state index < -0.39 is 0 Å². The topological polar surface area (TPSA) is 72.9 Å². The Kier molecular flexibility index (Phi) is 7.26. The minimum atomic E-state index is -0.335. The molecule has 2 N–H and O–H groups in total. The highest BCUT2D eigenvalue weighted by Gasteiger charge is 2.50. The Morgan fingerprint density at radius 2 is 1.68 bits per heavy atom. The first-order valence-corrected chi connectivity index (χ1v) is 13.7. The maximum Gasteiger partial charge on any atom is 0.251 e. The van der Waals surface area contributed by atoms with Crippen molar-refractivity contribution in [3.8, 4) is 11.1 Å². The zero-order chi connectivity index (χ0) is 26.2. The number of hydrogen-bond donors (Lipinski definition) is 2. The molecule has 2 amide bonds. The predicted octanol–water partition coefficient (Wildman–Crippen LogP) is 4.75. The number of amides is 2. The van der Waals surface area contributed by atoms with E-state index in [1.165, 1.54) is 6.07 Å². The Hall–Kier alpha value is -2.93. The highest BCUT2D eigenvalue weighted by Crippen LogP contribution is 2.45. The summed E-state index contributed by atoms with van der Waals surface area (Å²) < 4.78 is 15.0. The van der Waals surface area contributed by atoms with Crippen molar-refractivity contribution in [3.63, 3.8) is 0 Å². The summed E-state index contributed by atoms with van der Waals surface area (Å²) >= 11 is 0. The molecule has 2 heterocycles. The number of hydrogen-bond acceptors (Lipinski definition) is 4. The van der Waals surface area contributed by atoms with Gasteiger partial charge in [0, 0.05) is 37.3 Å². The molecule has 0 aromatic heterocycles. The lowest BCUT2D eigenvalue weighted by Crippen LogP contribution is -2.47. The fourth-order valence-corrected chi connectivity index (χ4v) is 6.33. The van der Waals surface area contributed by atoms with Crippen LogP contribution in [0.1, 0.15) is 69.2 Å². The van der Waals surface area contributed by atoms with Gasteiger partial charge in [0.2, 0.25) is 5.91 Å². The van der Waals surface area contributed by atoms with Gasteiger partial charge in [-0.15, -0.1) is 0 Å². The largest absolute Gasteiger partial charge is 0.393 e. The first kappa shape index (κ1) is 25.7. The lowest BCUT2D eigenvalue weighted by molar-refractivity contribution is -0.139. The van der Waals surface area contributed by atoms with Crippen LogP contribution < -0.4 is 10.2 Å². The van der Waals surface area contributed by atoms with Gasteiger partial charge in [0.25, 0.3) is 5.91 Å². The second-order valence-corrected chi connectivity index (χ2v) is 11.4. The van der Waals surface area contributed by atoms with Crippen LogP contribution in [0, 0.1) is 11.2 Å². The summed E-state index contributed by atoms with van der Waals surface area (Å²) in [6, 6.07) is 12.8. The fraction of sp³-hybridized carbons (Fsp3) is 0.533. The van der Waals surface area contributed by atoms with Gasteiger partial charge in [0.1, 0.15) is 5.82 Å². The molecule has 37 heavy (non-hydrogen) atoms. The molecular formula is C30H38FN3O3. The van der Waals surface area contributed by atoms with E-state index in [-0.39, 0.29) is 41.2 Å². The van der Waals surface area contributed by atoms with Crippen molar-refractivity contribution in [1.82, 2.24) is 10.2 Å². The summed E-state index contributed by atoms with van der Waals surface area (Å²) in [6.07, 6.45) is 5.41. The van der Waals surface area contributed by atoms with Gasteiger partial charge in [-0.1, -0.05) is 18.2 Å². The number of carbonyl (C=O) groups is 2. The summed E-state index contributed by atoms with van der Waals surface area (Å²) in [5.41, 5.74) is 2.52. The third kappa shape index (κ3) is 5.24. The van der Waals surface area contributed by atoms with Crippen LogP contribution in [-0.4, -0.2) is 59.6 Å². The first-order valence-electron chi connectivity index (χ1n) is 13.7. The number of aliphatic hydroxyl groups excluding tert-OH is 1. The molecule has 2 aromatic rings. The number of rotatable bonds is 5. The maximum atomic E-state index is 15.0. The van der Waals surface area contributed by atoms with Crippen LogP contribution in [0.25, 0.3) is 11.1 Å². The molecule has 0 atom stereocenters. The number of piperidine rings is 1. The second-order valence-electron chi connectivity index (χ2n) is 11.4. The summed E-state index contributed by atoms with van der Waals surface area (Å²) in [4.78, 5) is 30.1. The van der Waals surface area contributed by atoms with Gasteiger partial charge in [-0.2, -0.15) is 0 Å². The van der Waals surface area contributed by atoms with Crippen molar-refractivity contribution < 1.29 is 19.1 Å². The zero-order valence-electron chi connectivity index (χ0n) is 21.9. The molecular weight excluding hydrogens is 469 g/mol. The van der Waals surface area contributed by atoms with Crippen LogP contribution in [0.15, 0.2) is 42.5 Å². The van der Waals surface area contributed by atoms with Gasteiger partial charge in [-0.05, 0) is 94.2 Å². The molecule has 3 aliphatic rings. The number of carbonyl (C=O) groups excluding carboxylic acids is 2. The smallest absolute Gasteiger partial charge is 0.251 e. The SMILES string of the molecule is CC(C)NC(=O)c1cccc(-c2ccc(F)c(N3CCC4(CC3)CCN(C3CCC(O)CC3)C4=O)c2)c1. The lowest BCUT2D eigenvalue weighted by Gasteiger charge is -2.40. The standard InChI is InChI=1S/C30H38FN3O3/c1-20(2)32-28(36)23-5-3-4-21(18-23)22-6-11-26(31)27(19-22)33-15-12-30(13-16-33)14-17-34(29(30)37)24-7-9-25(35)10-8-24/h3-6,11,18-20,24-25,35H,7-10,12-17H2,1-2H3,(H,32,36). The Balaban J connectivity index is 1.28. The summed E-state index contributed by atoms with van der Waals surface area (Å²) in [5.74, 6) is -0.131. The van der Waals surface area contributed by atoms with E-state index in [0.29, 0.717) is 24.3 Å². The third-order valence-electron chi connectivity index (χ3n) is 8.54. The molecule has 5 rings (SSSR count). The van der Waals surface area contributed by atoms with Crippen molar-refractivity contribution in [1.29, 1.82) is 0 Å². The Morgan fingerprint density at radius 1 is 1.00 bits per heavy atom. The number of nitrogens with zero attached hydrogens (tertiary/aromatic N) is 2. The lowest BCUT2D eigenvalue weighted by atomic mass is 9.76. The molecule has 0 radical (unpaired) electrons. The van der Waals surface area contributed by atoms with Crippen molar-refractivity contribution in [2.24, 2.45) is 5.41 Å². The molecule has 2 aromatic carbocycles. The molecule has 6 nitrogen and oxygen atoms in total. The average molecular weight is 508 g/mol. The van der Waals surface area contributed by atoms with Crippen molar-refractivity contribution in [3.05, 3.63) is 53.8 Å². The molecule has 0 unspecified atom stereocenters. The van der Waals surface area contributed by atoms with Crippen LogP contribution >= 0.6 is 0 Å². The first-order chi connectivity index (χ1) is 17.8. The monoisotopic (exact) mass is 507 g/mol. The number of halogens is 1. The molecule has 0 bridgehead atoms. The van der Waals surface area contributed by atoms with E-state index in [1.54, 1.807) is 12.1 Å². The Morgan fingerprint density at radius 3 is 2.38 bits per heavy atom. The third-order valence-corrected chi connectivity index (χ3v) is 8.54. The predicted molar refractivity (Wildman–Crippen MR) is 143 cm³/mol. The van der Waals surface area contributed by atoms with Gasteiger partial charge in [0.15, 0.2) is 0 Å². The minimum absolute atomic E-state index is 0.0466. The normalized spacial score (nSPS) is 23.6. The Labute approximate surface area is 218 Å².